The fraction of sp³-hybridized carbons (Fsp3) is 0.526. The van der Waals surface area contributed by atoms with Gasteiger partial charge in [-0.2, -0.15) is 0 Å². The van der Waals surface area contributed by atoms with Crippen LogP contribution in [0.4, 0.5) is 4.79 Å². The van der Waals surface area contributed by atoms with Gasteiger partial charge in [0, 0.05) is 19.5 Å². The average Bonchev–Trinajstić information content (AvgIpc) is 2.65. The maximum absolute atomic E-state index is 12.3. The number of imide groups is 1. The number of amides is 3. The van der Waals surface area contributed by atoms with Gasteiger partial charge in [-0.25, -0.2) is 4.79 Å². The first kappa shape index (κ1) is 19.9. The van der Waals surface area contributed by atoms with Gasteiger partial charge >= 0.3 is 12.0 Å². The van der Waals surface area contributed by atoms with Crippen molar-refractivity contribution < 1.29 is 19.5 Å². The number of hydrogen-bond acceptors (Lipinski definition) is 4. The second kappa shape index (κ2) is 9.91. The molecule has 1 aliphatic rings. The summed E-state index contributed by atoms with van der Waals surface area (Å²) in [5.74, 6) is -0.848. The summed E-state index contributed by atoms with van der Waals surface area (Å²) < 4.78 is 0. The van der Waals surface area contributed by atoms with Gasteiger partial charge in [0.05, 0.1) is 6.04 Å². The smallest absolute Gasteiger partial charge is 0.321 e. The minimum Gasteiger partial charge on any atom is -0.481 e. The first-order valence-electron chi connectivity index (χ1n) is 9.04. The highest BCUT2D eigenvalue weighted by Gasteiger charge is 2.28. The quantitative estimate of drug-likeness (QED) is 0.690. The van der Waals surface area contributed by atoms with Crippen molar-refractivity contribution in [3.8, 4) is 0 Å². The zero-order valence-corrected chi connectivity index (χ0v) is 15.1. The summed E-state index contributed by atoms with van der Waals surface area (Å²) in [6.07, 6.45) is 2.69. The lowest BCUT2D eigenvalue weighted by Gasteiger charge is -2.35. The number of benzene rings is 1. The summed E-state index contributed by atoms with van der Waals surface area (Å²) in [6, 6.07) is 8.54. The molecule has 3 N–H and O–H groups in total. The van der Waals surface area contributed by atoms with E-state index in [4.69, 9.17) is 5.11 Å². The topological polar surface area (TPSA) is 98.7 Å². The van der Waals surface area contributed by atoms with E-state index in [1.54, 1.807) is 6.92 Å². The zero-order chi connectivity index (χ0) is 18.9. The van der Waals surface area contributed by atoms with Gasteiger partial charge in [0.25, 0.3) is 0 Å². The Morgan fingerprint density at radius 2 is 2.00 bits per heavy atom. The second-order valence-corrected chi connectivity index (χ2v) is 6.77. The maximum Gasteiger partial charge on any atom is 0.321 e. The molecule has 1 heterocycles. The fourth-order valence-corrected chi connectivity index (χ4v) is 3.22. The highest BCUT2D eigenvalue weighted by molar-refractivity contribution is 5.96. The van der Waals surface area contributed by atoms with Crippen LogP contribution in [0.1, 0.15) is 38.2 Å². The third kappa shape index (κ3) is 6.48. The molecule has 0 spiro atoms. The minimum absolute atomic E-state index is 0.154. The van der Waals surface area contributed by atoms with Gasteiger partial charge in [0.15, 0.2) is 0 Å². The lowest BCUT2D eigenvalue weighted by molar-refractivity contribution is -0.137. The molecular weight excluding hydrogens is 334 g/mol. The van der Waals surface area contributed by atoms with Crippen LogP contribution in [0.5, 0.6) is 0 Å². The van der Waals surface area contributed by atoms with E-state index in [9.17, 15) is 14.4 Å². The maximum atomic E-state index is 12.3. The summed E-state index contributed by atoms with van der Waals surface area (Å²) >= 11 is 0. The van der Waals surface area contributed by atoms with Crippen molar-refractivity contribution in [2.24, 2.45) is 5.92 Å². The highest BCUT2D eigenvalue weighted by atomic mass is 16.4. The molecule has 2 rings (SSSR count). The molecule has 2 atom stereocenters. The fourth-order valence-electron chi connectivity index (χ4n) is 3.22. The number of urea groups is 1. The number of aliphatic carboxylic acids is 1. The van der Waals surface area contributed by atoms with Gasteiger partial charge < -0.3 is 10.4 Å². The van der Waals surface area contributed by atoms with Crippen molar-refractivity contribution in [2.75, 3.05) is 13.1 Å². The highest BCUT2D eigenvalue weighted by Crippen LogP contribution is 2.22. The third-order valence-electron chi connectivity index (χ3n) is 4.78. The van der Waals surface area contributed by atoms with E-state index >= 15 is 0 Å². The molecule has 7 nitrogen and oxygen atoms in total. The molecule has 0 aliphatic carbocycles. The van der Waals surface area contributed by atoms with E-state index in [2.05, 4.69) is 10.6 Å². The van der Waals surface area contributed by atoms with Crippen molar-refractivity contribution in [3.63, 3.8) is 0 Å². The van der Waals surface area contributed by atoms with Crippen LogP contribution in [0.15, 0.2) is 30.3 Å². The number of carboxylic acid groups (broad SMARTS) is 1. The van der Waals surface area contributed by atoms with Crippen LogP contribution < -0.4 is 10.6 Å². The summed E-state index contributed by atoms with van der Waals surface area (Å²) in [6.45, 7) is 3.60. The van der Waals surface area contributed by atoms with E-state index in [0.717, 1.165) is 24.9 Å². The molecule has 2 unspecified atom stereocenters. The Labute approximate surface area is 153 Å². The van der Waals surface area contributed by atoms with Crippen LogP contribution in [-0.2, 0) is 16.1 Å². The van der Waals surface area contributed by atoms with Crippen molar-refractivity contribution in [1.82, 2.24) is 15.5 Å². The Kier molecular flexibility index (Phi) is 7.59. The number of hydrogen-bond donors (Lipinski definition) is 3. The molecule has 142 valence electrons. The Morgan fingerprint density at radius 3 is 2.69 bits per heavy atom. The van der Waals surface area contributed by atoms with Crippen LogP contribution in [0, 0.1) is 5.92 Å². The summed E-state index contributed by atoms with van der Waals surface area (Å²) in [5.41, 5.74) is 0.959. The Hall–Kier alpha value is -2.41. The number of piperidine rings is 1. The SMILES string of the molecule is CC(C(=O)NC(=O)NCc1ccccc1)N1CCCC(CCC(=O)O)C1. The Balaban J connectivity index is 1.76. The van der Waals surface area contributed by atoms with E-state index in [1.165, 1.54) is 0 Å². The predicted octanol–water partition coefficient (Wildman–Crippen LogP) is 1.98. The van der Waals surface area contributed by atoms with Crippen LogP contribution in [-0.4, -0.2) is 47.0 Å². The Bertz CT molecular complexity index is 620. The van der Waals surface area contributed by atoms with Crippen molar-refractivity contribution in [2.45, 2.75) is 45.2 Å². The van der Waals surface area contributed by atoms with E-state index in [-0.39, 0.29) is 18.2 Å². The minimum atomic E-state index is -0.789. The van der Waals surface area contributed by atoms with Crippen molar-refractivity contribution in [1.29, 1.82) is 0 Å². The standard InChI is InChI=1S/C19H27N3O4/c1-14(22-11-5-8-16(13-22)9-10-17(23)24)18(25)21-19(26)20-12-15-6-3-2-4-7-15/h2-4,6-7,14,16H,5,8-13H2,1H3,(H,23,24)(H2,20,21,25,26). The summed E-state index contributed by atoms with van der Waals surface area (Å²) in [7, 11) is 0. The number of likely N-dealkylation sites (tertiary alicyclic amines) is 1. The molecule has 1 saturated heterocycles. The van der Waals surface area contributed by atoms with Gasteiger partial charge in [-0.15, -0.1) is 0 Å². The average molecular weight is 361 g/mol. The monoisotopic (exact) mass is 361 g/mol. The summed E-state index contributed by atoms with van der Waals surface area (Å²) in [4.78, 5) is 37.0. The molecule has 0 radical (unpaired) electrons. The number of nitrogens with one attached hydrogen (secondary N) is 2. The molecule has 1 aromatic carbocycles. The number of rotatable bonds is 7. The normalized spacial score (nSPS) is 18.7. The molecular formula is C19H27N3O4. The molecule has 0 aromatic heterocycles. The third-order valence-corrected chi connectivity index (χ3v) is 4.78. The van der Waals surface area contributed by atoms with Gasteiger partial charge in [-0.05, 0) is 44.2 Å². The van der Waals surface area contributed by atoms with Crippen molar-refractivity contribution >= 4 is 17.9 Å². The number of carbonyl (C=O) groups is 3. The second-order valence-electron chi connectivity index (χ2n) is 6.77. The lowest BCUT2D eigenvalue weighted by Crippen LogP contribution is -2.52. The first-order valence-corrected chi connectivity index (χ1v) is 9.04. The molecule has 0 bridgehead atoms. The molecule has 26 heavy (non-hydrogen) atoms. The predicted molar refractivity (Wildman–Crippen MR) is 97.4 cm³/mol. The number of carbonyl (C=O) groups excluding carboxylic acids is 2. The zero-order valence-electron chi connectivity index (χ0n) is 15.1. The van der Waals surface area contributed by atoms with E-state index < -0.39 is 18.0 Å². The van der Waals surface area contributed by atoms with Crippen LogP contribution in [0.25, 0.3) is 0 Å². The molecule has 1 fully saturated rings. The molecule has 7 heteroatoms. The summed E-state index contributed by atoms with van der Waals surface area (Å²) in [5, 5.41) is 13.9. The van der Waals surface area contributed by atoms with E-state index in [1.807, 2.05) is 35.2 Å². The molecule has 1 aromatic rings. The number of carboxylic acids is 1. The molecule has 1 aliphatic heterocycles. The van der Waals surface area contributed by atoms with Gasteiger partial charge in [-0.3, -0.25) is 19.8 Å². The van der Waals surface area contributed by atoms with Gasteiger partial charge in [-0.1, -0.05) is 30.3 Å². The number of nitrogens with zero attached hydrogens (tertiary/aromatic N) is 1. The van der Waals surface area contributed by atoms with Crippen LogP contribution in [0.3, 0.4) is 0 Å². The van der Waals surface area contributed by atoms with Crippen LogP contribution >= 0.6 is 0 Å². The van der Waals surface area contributed by atoms with Gasteiger partial charge in [0.1, 0.15) is 0 Å². The Morgan fingerprint density at radius 1 is 1.27 bits per heavy atom. The molecule has 0 saturated carbocycles. The van der Waals surface area contributed by atoms with E-state index in [0.29, 0.717) is 19.5 Å². The van der Waals surface area contributed by atoms with Gasteiger partial charge in [0.2, 0.25) is 5.91 Å². The lowest BCUT2D eigenvalue weighted by atomic mass is 9.92. The first-order chi connectivity index (χ1) is 12.5. The van der Waals surface area contributed by atoms with Crippen molar-refractivity contribution in [3.05, 3.63) is 35.9 Å². The molecule has 3 amide bonds. The van der Waals surface area contributed by atoms with Crippen LogP contribution in [0.2, 0.25) is 0 Å². The largest absolute Gasteiger partial charge is 0.481 e.